The molecule has 136 valence electrons. The SMILES string of the molecule is CCOC(=O)[C@@]12CC[C@@H](c3ccc(C#N)cc3)N1c1ccccc1C(=O)N2. The zero-order chi connectivity index (χ0) is 19.0. The lowest BCUT2D eigenvalue weighted by Gasteiger charge is -2.45. The van der Waals surface area contributed by atoms with Gasteiger partial charge < -0.3 is 15.0 Å². The van der Waals surface area contributed by atoms with Crippen LogP contribution in [-0.4, -0.2) is 24.1 Å². The quantitative estimate of drug-likeness (QED) is 0.850. The van der Waals surface area contributed by atoms with Crippen LogP contribution < -0.4 is 10.2 Å². The van der Waals surface area contributed by atoms with E-state index in [0.29, 0.717) is 24.0 Å². The molecule has 1 fully saturated rings. The molecule has 2 aliphatic heterocycles. The van der Waals surface area contributed by atoms with E-state index in [1.165, 1.54) is 0 Å². The highest BCUT2D eigenvalue weighted by Gasteiger charge is 2.57. The minimum absolute atomic E-state index is 0.108. The monoisotopic (exact) mass is 361 g/mol. The predicted octanol–water partition coefficient (Wildman–Crippen LogP) is 2.90. The molecule has 2 aromatic rings. The Labute approximate surface area is 157 Å². The van der Waals surface area contributed by atoms with Crippen LogP contribution in [0.4, 0.5) is 5.69 Å². The molecule has 0 aromatic heterocycles. The number of nitrogens with one attached hydrogen (secondary N) is 1. The number of esters is 1. The average molecular weight is 361 g/mol. The molecule has 1 N–H and O–H groups in total. The molecule has 1 amide bonds. The summed E-state index contributed by atoms with van der Waals surface area (Å²) in [6.45, 7) is 2.00. The number of fused-ring (bicyclic) bond motifs is 3. The van der Waals surface area contributed by atoms with Gasteiger partial charge in [0.05, 0.1) is 35.5 Å². The van der Waals surface area contributed by atoms with Crippen molar-refractivity contribution in [2.24, 2.45) is 0 Å². The Hall–Kier alpha value is -3.33. The summed E-state index contributed by atoms with van der Waals surface area (Å²) in [5.74, 6) is -0.709. The number of amides is 1. The van der Waals surface area contributed by atoms with Crippen LogP contribution in [-0.2, 0) is 9.53 Å². The van der Waals surface area contributed by atoms with Crippen molar-refractivity contribution in [2.75, 3.05) is 11.5 Å². The van der Waals surface area contributed by atoms with Gasteiger partial charge in [-0.05, 0) is 43.2 Å². The van der Waals surface area contributed by atoms with Crippen LogP contribution >= 0.6 is 0 Å². The van der Waals surface area contributed by atoms with Crippen LogP contribution in [0.3, 0.4) is 0 Å². The molecule has 0 unspecified atom stereocenters. The molecule has 0 bridgehead atoms. The molecule has 2 aromatic carbocycles. The van der Waals surface area contributed by atoms with Gasteiger partial charge in [0.25, 0.3) is 5.91 Å². The van der Waals surface area contributed by atoms with Gasteiger partial charge in [0.15, 0.2) is 0 Å². The molecule has 1 saturated heterocycles. The molecule has 6 heteroatoms. The Balaban J connectivity index is 1.85. The van der Waals surface area contributed by atoms with E-state index >= 15 is 0 Å². The number of carbonyl (C=O) groups excluding carboxylic acids is 2. The molecule has 2 heterocycles. The van der Waals surface area contributed by atoms with Gasteiger partial charge in [-0.15, -0.1) is 0 Å². The Morgan fingerprint density at radius 2 is 2.04 bits per heavy atom. The number of benzene rings is 2. The Morgan fingerprint density at radius 1 is 1.30 bits per heavy atom. The van der Waals surface area contributed by atoms with Gasteiger partial charge in [0.1, 0.15) is 0 Å². The minimum atomic E-state index is -1.21. The highest BCUT2D eigenvalue weighted by Crippen LogP contribution is 2.48. The standard InChI is InChI=1S/C21H19N3O3/c1-2-27-20(26)21-12-11-17(15-9-7-14(13-22)8-10-15)24(21)18-6-4-3-5-16(18)19(25)23-21/h3-10,17H,2,11-12H2,1H3,(H,23,25)/t17-,21+/m0/s1. The number of hydrogen-bond acceptors (Lipinski definition) is 5. The fraction of sp³-hybridized carbons (Fsp3) is 0.286. The van der Waals surface area contributed by atoms with E-state index < -0.39 is 11.6 Å². The van der Waals surface area contributed by atoms with Crippen LogP contribution in [0.25, 0.3) is 0 Å². The largest absolute Gasteiger partial charge is 0.463 e. The lowest BCUT2D eigenvalue weighted by molar-refractivity contribution is -0.150. The van der Waals surface area contributed by atoms with Crippen LogP contribution in [0.1, 0.15) is 47.3 Å². The Bertz CT molecular complexity index is 948. The van der Waals surface area contributed by atoms with Crippen molar-refractivity contribution in [3.63, 3.8) is 0 Å². The summed E-state index contributed by atoms with van der Waals surface area (Å²) in [4.78, 5) is 27.6. The summed E-state index contributed by atoms with van der Waals surface area (Å²) in [5.41, 5.74) is 1.63. The summed E-state index contributed by atoms with van der Waals surface area (Å²) in [7, 11) is 0. The van der Waals surface area contributed by atoms with Gasteiger partial charge in [-0.2, -0.15) is 5.26 Å². The van der Waals surface area contributed by atoms with E-state index in [2.05, 4.69) is 11.4 Å². The lowest BCUT2D eigenvalue weighted by Crippen LogP contribution is -2.66. The number of nitrogens with zero attached hydrogens (tertiary/aromatic N) is 2. The molecular weight excluding hydrogens is 342 g/mol. The second-order valence-electron chi connectivity index (χ2n) is 6.71. The zero-order valence-electron chi connectivity index (χ0n) is 14.9. The molecule has 0 radical (unpaired) electrons. The highest BCUT2D eigenvalue weighted by molar-refractivity contribution is 6.07. The van der Waals surface area contributed by atoms with Crippen LogP contribution in [0, 0.1) is 11.3 Å². The fourth-order valence-electron chi connectivity index (χ4n) is 4.09. The predicted molar refractivity (Wildman–Crippen MR) is 98.9 cm³/mol. The minimum Gasteiger partial charge on any atom is -0.463 e. The number of ether oxygens (including phenoxy) is 1. The van der Waals surface area contributed by atoms with Gasteiger partial charge >= 0.3 is 5.97 Å². The van der Waals surface area contributed by atoms with Gasteiger partial charge in [0, 0.05) is 6.42 Å². The van der Waals surface area contributed by atoms with Crippen LogP contribution in [0.5, 0.6) is 0 Å². The summed E-state index contributed by atoms with van der Waals surface area (Å²) < 4.78 is 5.33. The van der Waals surface area contributed by atoms with E-state index in [1.807, 2.05) is 35.2 Å². The first-order valence-electron chi connectivity index (χ1n) is 8.99. The van der Waals surface area contributed by atoms with Crippen molar-refractivity contribution < 1.29 is 14.3 Å². The molecular formula is C21H19N3O3. The molecule has 27 heavy (non-hydrogen) atoms. The maximum Gasteiger partial charge on any atom is 0.353 e. The van der Waals surface area contributed by atoms with Crippen molar-refractivity contribution in [3.8, 4) is 6.07 Å². The number of para-hydroxylation sites is 1. The first-order chi connectivity index (χ1) is 13.1. The van der Waals surface area contributed by atoms with E-state index in [4.69, 9.17) is 10.00 Å². The second kappa shape index (κ2) is 6.44. The number of hydrogen-bond donors (Lipinski definition) is 1. The van der Waals surface area contributed by atoms with E-state index in [0.717, 1.165) is 11.3 Å². The van der Waals surface area contributed by atoms with Gasteiger partial charge in [-0.3, -0.25) is 4.79 Å². The lowest BCUT2D eigenvalue weighted by atomic mass is 9.99. The van der Waals surface area contributed by atoms with Crippen molar-refractivity contribution in [3.05, 3.63) is 65.2 Å². The first-order valence-corrected chi connectivity index (χ1v) is 8.99. The maximum absolute atomic E-state index is 12.9. The molecule has 0 spiro atoms. The summed E-state index contributed by atoms with van der Waals surface area (Å²) in [5, 5.41) is 12.0. The zero-order valence-corrected chi connectivity index (χ0v) is 14.9. The Kier molecular flexibility index (Phi) is 4.08. The van der Waals surface area contributed by atoms with Crippen LogP contribution in [0.2, 0.25) is 0 Å². The Morgan fingerprint density at radius 3 is 2.74 bits per heavy atom. The van der Waals surface area contributed by atoms with Crippen LogP contribution in [0.15, 0.2) is 48.5 Å². The molecule has 2 atom stereocenters. The molecule has 0 saturated carbocycles. The summed E-state index contributed by atoms with van der Waals surface area (Å²) >= 11 is 0. The molecule has 2 aliphatic rings. The maximum atomic E-state index is 12.9. The number of anilines is 1. The highest BCUT2D eigenvalue weighted by atomic mass is 16.5. The smallest absolute Gasteiger partial charge is 0.353 e. The molecule has 4 rings (SSSR count). The number of rotatable bonds is 3. The van der Waals surface area contributed by atoms with Gasteiger partial charge in [-0.1, -0.05) is 24.3 Å². The van der Waals surface area contributed by atoms with E-state index in [1.54, 1.807) is 25.1 Å². The topological polar surface area (TPSA) is 82.4 Å². The summed E-state index contributed by atoms with van der Waals surface area (Å²) in [6, 6.07) is 16.7. The normalized spacial score (nSPS) is 23.0. The first kappa shape index (κ1) is 17.1. The van der Waals surface area contributed by atoms with E-state index in [9.17, 15) is 9.59 Å². The third-order valence-electron chi connectivity index (χ3n) is 5.27. The van der Waals surface area contributed by atoms with Crippen molar-refractivity contribution in [1.29, 1.82) is 5.26 Å². The third-order valence-corrected chi connectivity index (χ3v) is 5.27. The second-order valence-corrected chi connectivity index (χ2v) is 6.71. The van der Waals surface area contributed by atoms with Crippen molar-refractivity contribution in [2.45, 2.75) is 31.5 Å². The van der Waals surface area contributed by atoms with Crippen molar-refractivity contribution >= 4 is 17.6 Å². The average Bonchev–Trinajstić information content (AvgIpc) is 3.09. The van der Waals surface area contributed by atoms with Gasteiger partial charge in [0.2, 0.25) is 5.66 Å². The number of carbonyl (C=O) groups is 2. The summed E-state index contributed by atoms with van der Waals surface area (Å²) in [6.07, 6.45) is 1.13. The van der Waals surface area contributed by atoms with Gasteiger partial charge in [-0.25, -0.2) is 4.79 Å². The fourth-order valence-corrected chi connectivity index (χ4v) is 4.09. The van der Waals surface area contributed by atoms with E-state index in [-0.39, 0.29) is 18.6 Å². The third kappa shape index (κ3) is 2.55. The molecule has 6 nitrogen and oxygen atoms in total. The number of nitriles is 1. The van der Waals surface area contributed by atoms with Crippen molar-refractivity contribution in [1.82, 2.24) is 5.32 Å². The molecule has 0 aliphatic carbocycles.